The maximum atomic E-state index is 12.3. The van der Waals surface area contributed by atoms with Crippen molar-refractivity contribution in [2.45, 2.75) is 58.2 Å². The Kier molecular flexibility index (Phi) is 10.6. The van der Waals surface area contributed by atoms with Crippen LogP contribution in [0.5, 0.6) is 0 Å². The van der Waals surface area contributed by atoms with Gasteiger partial charge in [0.15, 0.2) is 0 Å². The zero-order chi connectivity index (χ0) is 27.5. The smallest absolute Gasteiger partial charge is 0.253 e. The number of hydrogen-bond donors (Lipinski definition) is 3. The minimum absolute atomic E-state index is 0.0110. The molecule has 2 fully saturated rings. The molecule has 8 heteroatoms. The van der Waals surface area contributed by atoms with Crippen LogP contribution >= 0.6 is 0 Å². The van der Waals surface area contributed by atoms with E-state index < -0.39 is 0 Å². The number of benzene rings is 1. The largest absolute Gasteiger partial charge is 0.349 e. The first-order valence-electron chi connectivity index (χ1n) is 13.9. The quantitative estimate of drug-likeness (QED) is 0.452. The van der Waals surface area contributed by atoms with Crippen LogP contribution in [-0.4, -0.2) is 64.9 Å². The molecule has 0 unspecified atom stereocenters. The van der Waals surface area contributed by atoms with Gasteiger partial charge in [0.2, 0.25) is 0 Å². The first kappa shape index (κ1) is 28.4. The van der Waals surface area contributed by atoms with Crippen LogP contribution in [-0.2, 0) is 6.54 Å². The summed E-state index contributed by atoms with van der Waals surface area (Å²) >= 11 is 0. The average Bonchev–Trinajstić information content (AvgIpc) is 2.95. The lowest BCUT2D eigenvalue weighted by atomic mass is 10.0. The van der Waals surface area contributed by atoms with E-state index in [0.29, 0.717) is 17.2 Å². The van der Waals surface area contributed by atoms with Crippen molar-refractivity contribution in [3.8, 4) is 0 Å². The fraction of sp³-hybridized carbons (Fsp3) is 0.419. The van der Waals surface area contributed by atoms with E-state index in [9.17, 15) is 9.59 Å². The molecule has 3 N–H and O–H groups in total. The number of carbonyl (C=O) groups is 2. The summed E-state index contributed by atoms with van der Waals surface area (Å²) in [6.07, 6.45) is 10.8. The molecule has 39 heavy (non-hydrogen) atoms. The van der Waals surface area contributed by atoms with E-state index in [-0.39, 0.29) is 17.9 Å². The molecule has 0 radical (unpaired) electrons. The average molecular weight is 529 g/mol. The molecule has 0 bridgehead atoms. The van der Waals surface area contributed by atoms with Crippen molar-refractivity contribution < 1.29 is 9.59 Å². The van der Waals surface area contributed by atoms with Gasteiger partial charge in [-0.25, -0.2) is 0 Å². The van der Waals surface area contributed by atoms with Crippen molar-refractivity contribution in [3.05, 3.63) is 95.1 Å². The van der Waals surface area contributed by atoms with Crippen molar-refractivity contribution in [1.82, 2.24) is 30.8 Å². The summed E-state index contributed by atoms with van der Waals surface area (Å²) in [7, 11) is 0. The van der Waals surface area contributed by atoms with E-state index in [1.54, 1.807) is 24.8 Å². The molecule has 1 aromatic carbocycles. The monoisotopic (exact) mass is 528 g/mol. The fourth-order valence-corrected chi connectivity index (χ4v) is 4.94. The Morgan fingerprint density at radius 1 is 0.795 bits per heavy atom. The molecular formula is C31H40N6O2. The van der Waals surface area contributed by atoms with E-state index in [2.05, 4.69) is 55.1 Å². The molecule has 0 atom stereocenters. The molecule has 206 valence electrons. The van der Waals surface area contributed by atoms with E-state index in [1.807, 2.05) is 32.0 Å². The second-order valence-electron chi connectivity index (χ2n) is 10.5. The third-order valence-electron chi connectivity index (χ3n) is 7.12. The Hall–Kier alpha value is -3.62. The number of nitrogens with one attached hydrogen (secondary N) is 3. The van der Waals surface area contributed by atoms with Gasteiger partial charge in [0.25, 0.3) is 11.8 Å². The van der Waals surface area contributed by atoms with Crippen LogP contribution in [0.25, 0.3) is 0 Å². The van der Waals surface area contributed by atoms with Crippen molar-refractivity contribution in [1.29, 1.82) is 0 Å². The van der Waals surface area contributed by atoms with Gasteiger partial charge in [-0.2, -0.15) is 0 Å². The zero-order valence-corrected chi connectivity index (χ0v) is 23.0. The normalized spacial score (nSPS) is 16.6. The van der Waals surface area contributed by atoms with Crippen LogP contribution in [0.4, 0.5) is 0 Å². The molecule has 0 spiro atoms. The Morgan fingerprint density at radius 2 is 1.31 bits per heavy atom. The number of rotatable bonds is 6. The summed E-state index contributed by atoms with van der Waals surface area (Å²) in [6.45, 7) is 8.88. The minimum Gasteiger partial charge on any atom is -0.349 e. The number of carbonyl (C=O) groups excluding carboxylic acids is 2. The van der Waals surface area contributed by atoms with Crippen molar-refractivity contribution in [2.75, 3.05) is 26.2 Å². The number of aromatic nitrogens is 2. The fourth-order valence-electron chi connectivity index (χ4n) is 4.94. The summed E-state index contributed by atoms with van der Waals surface area (Å²) in [4.78, 5) is 34.7. The van der Waals surface area contributed by atoms with Crippen LogP contribution in [0.2, 0.25) is 0 Å². The molecule has 0 aliphatic carbocycles. The molecule has 2 amide bonds. The third kappa shape index (κ3) is 9.26. The maximum Gasteiger partial charge on any atom is 0.253 e. The summed E-state index contributed by atoms with van der Waals surface area (Å²) in [5, 5.41) is 9.46. The number of aryl methyl sites for hydroxylation is 2. The number of pyridine rings is 2. The lowest BCUT2D eigenvalue weighted by molar-refractivity contribution is 0.0905. The van der Waals surface area contributed by atoms with E-state index >= 15 is 0 Å². The Labute approximate surface area is 231 Å². The molecule has 8 nitrogen and oxygen atoms in total. The van der Waals surface area contributed by atoms with Gasteiger partial charge in [-0.1, -0.05) is 30.3 Å². The Morgan fingerprint density at radius 3 is 1.82 bits per heavy atom. The van der Waals surface area contributed by atoms with Gasteiger partial charge in [-0.3, -0.25) is 24.5 Å². The van der Waals surface area contributed by atoms with E-state index in [1.165, 1.54) is 5.56 Å². The summed E-state index contributed by atoms with van der Waals surface area (Å²) in [5.74, 6) is -0.0224. The molecule has 3 aromatic rings. The van der Waals surface area contributed by atoms with Crippen molar-refractivity contribution in [2.24, 2.45) is 0 Å². The molecule has 4 heterocycles. The molecule has 0 saturated carbocycles. The molecule has 2 aliphatic heterocycles. The van der Waals surface area contributed by atoms with Gasteiger partial charge in [-0.15, -0.1) is 0 Å². The maximum absolute atomic E-state index is 12.3. The minimum atomic E-state index is -0.0114. The highest BCUT2D eigenvalue weighted by atomic mass is 16.2. The van der Waals surface area contributed by atoms with Crippen LogP contribution in [0.15, 0.2) is 67.3 Å². The van der Waals surface area contributed by atoms with Crippen LogP contribution in [0.1, 0.15) is 63.1 Å². The molecular weight excluding hydrogens is 488 g/mol. The van der Waals surface area contributed by atoms with E-state index in [0.717, 1.165) is 69.5 Å². The van der Waals surface area contributed by atoms with Gasteiger partial charge in [0, 0.05) is 56.5 Å². The predicted molar refractivity (Wildman–Crippen MR) is 154 cm³/mol. The van der Waals surface area contributed by atoms with Crippen LogP contribution in [0, 0.1) is 13.8 Å². The molecule has 5 rings (SSSR count). The van der Waals surface area contributed by atoms with Gasteiger partial charge in [-0.05, 0) is 81.4 Å². The SMILES string of the molecule is Cc1cncc(C(=O)NC2CCN(Cc3ccccc3)CC2)c1.Cc1cncc(C(=O)NC2CCNCC2)c1. The highest BCUT2D eigenvalue weighted by Crippen LogP contribution is 2.14. The number of piperidine rings is 2. The van der Waals surface area contributed by atoms with Gasteiger partial charge >= 0.3 is 0 Å². The molecule has 2 aliphatic rings. The third-order valence-corrected chi connectivity index (χ3v) is 7.12. The highest BCUT2D eigenvalue weighted by molar-refractivity contribution is 5.94. The lowest BCUT2D eigenvalue weighted by Gasteiger charge is -2.32. The molecule has 2 aromatic heterocycles. The number of hydrogen-bond acceptors (Lipinski definition) is 6. The number of nitrogens with zero attached hydrogens (tertiary/aromatic N) is 3. The number of amides is 2. The first-order chi connectivity index (χ1) is 19.0. The summed E-state index contributed by atoms with van der Waals surface area (Å²) < 4.78 is 0. The van der Waals surface area contributed by atoms with Gasteiger partial charge < -0.3 is 16.0 Å². The number of likely N-dealkylation sites (tertiary alicyclic amines) is 1. The predicted octanol–water partition coefficient (Wildman–Crippen LogP) is 3.66. The standard InChI is InChI=1S/C19H23N3O.C12H17N3O/c1-15-11-17(13-20-12-15)19(23)21-18-7-9-22(10-8-18)14-16-5-3-2-4-6-16;1-9-6-10(8-14-7-9)12(16)15-11-2-4-13-5-3-11/h2-6,11-13,18H,7-10,14H2,1H3,(H,21,23);6-8,11,13H,2-5H2,1H3,(H,15,16). The van der Waals surface area contributed by atoms with Crippen molar-refractivity contribution in [3.63, 3.8) is 0 Å². The highest BCUT2D eigenvalue weighted by Gasteiger charge is 2.21. The molecule has 2 saturated heterocycles. The summed E-state index contributed by atoms with van der Waals surface area (Å²) in [6, 6.07) is 14.8. The van der Waals surface area contributed by atoms with Gasteiger partial charge in [0.1, 0.15) is 0 Å². The second kappa shape index (κ2) is 14.5. The lowest BCUT2D eigenvalue weighted by Crippen LogP contribution is -2.44. The van der Waals surface area contributed by atoms with Crippen LogP contribution in [0.3, 0.4) is 0 Å². The van der Waals surface area contributed by atoms with Gasteiger partial charge in [0.05, 0.1) is 11.1 Å². The Bertz CT molecular complexity index is 1200. The topological polar surface area (TPSA) is 99.2 Å². The first-order valence-corrected chi connectivity index (χ1v) is 13.9. The van der Waals surface area contributed by atoms with Crippen molar-refractivity contribution >= 4 is 11.8 Å². The van der Waals surface area contributed by atoms with Crippen LogP contribution < -0.4 is 16.0 Å². The summed E-state index contributed by atoms with van der Waals surface area (Å²) in [5.41, 5.74) is 4.67. The zero-order valence-electron chi connectivity index (χ0n) is 23.0. The second-order valence-corrected chi connectivity index (χ2v) is 10.5. The van der Waals surface area contributed by atoms with E-state index in [4.69, 9.17) is 0 Å². The Balaban J connectivity index is 0.000000193.